The van der Waals surface area contributed by atoms with Crippen LogP contribution in [-0.4, -0.2) is 74.1 Å². The SMILES string of the molecule is CN(C)CCNC(=O)c1ccc(CSc2nc(-c3ccccc3)cc(N3CCN(c4ccccc4F)CC3)n2)cc1. The molecule has 4 aromatic rings. The number of thioether (sulfide) groups is 1. The Labute approximate surface area is 245 Å². The molecule has 212 valence electrons. The summed E-state index contributed by atoms with van der Waals surface area (Å²) in [6.45, 7) is 4.31. The number of aromatic nitrogens is 2. The standard InChI is InChI=1S/C32H35FN6OS/c1-37(2)17-16-34-31(40)26-14-12-24(13-15-26)23-41-32-35-28(25-8-4-3-5-9-25)22-30(36-32)39-20-18-38(19-21-39)29-11-7-6-10-27(29)33/h3-15,22H,16-21,23H2,1-2H3,(H,34,40). The van der Waals surface area contributed by atoms with Gasteiger partial charge in [-0.15, -0.1) is 0 Å². The average molecular weight is 571 g/mol. The number of hydrogen-bond acceptors (Lipinski definition) is 7. The van der Waals surface area contributed by atoms with Gasteiger partial charge in [-0.2, -0.15) is 0 Å². The Morgan fingerprint density at radius 1 is 0.902 bits per heavy atom. The average Bonchev–Trinajstić information content (AvgIpc) is 3.01. The van der Waals surface area contributed by atoms with Crippen LogP contribution in [0.5, 0.6) is 0 Å². The lowest BCUT2D eigenvalue weighted by Gasteiger charge is -2.37. The maximum absolute atomic E-state index is 14.3. The summed E-state index contributed by atoms with van der Waals surface area (Å²) < 4.78 is 14.3. The number of nitrogens with zero attached hydrogens (tertiary/aromatic N) is 5. The highest BCUT2D eigenvalue weighted by Gasteiger charge is 2.21. The molecule has 7 nitrogen and oxygen atoms in total. The Morgan fingerprint density at radius 3 is 2.29 bits per heavy atom. The predicted molar refractivity (Wildman–Crippen MR) is 165 cm³/mol. The number of amides is 1. The molecule has 41 heavy (non-hydrogen) atoms. The van der Waals surface area contributed by atoms with Crippen LogP contribution in [0.2, 0.25) is 0 Å². The number of likely N-dealkylation sites (N-methyl/N-ethyl adjacent to an activating group) is 1. The molecule has 0 spiro atoms. The first kappa shape index (κ1) is 28.6. The molecule has 9 heteroatoms. The van der Waals surface area contributed by atoms with E-state index in [9.17, 15) is 9.18 Å². The van der Waals surface area contributed by atoms with Gasteiger partial charge >= 0.3 is 0 Å². The van der Waals surface area contributed by atoms with Gasteiger partial charge in [-0.25, -0.2) is 14.4 Å². The van der Waals surface area contributed by atoms with E-state index in [1.54, 1.807) is 17.8 Å². The van der Waals surface area contributed by atoms with Crippen LogP contribution in [0.4, 0.5) is 15.9 Å². The molecule has 5 rings (SSSR count). The highest BCUT2D eigenvalue weighted by atomic mass is 32.2. The molecule has 1 amide bonds. The van der Waals surface area contributed by atoms with E-state index in [0.717, 1.165) is 42.3 Å². The van der Waals surface area contributed by atoms with Gasteiger partial charge < -0.3 is 20.0 Å². The fourth-order valence-corrected chi connectivity index (χ4v) is 5.49. The lowest BCUT2D eigenvalue weighted by molar-refractivity contribution is 0.0951. The molecule has 0 aliphatic carbocycles. The number of nitrogens with one attached hydrogen (secondary N) is 1. The van der Waals surface area contributed by atoms with Gasteiger partial charge in [-0.05, 0) is 43.9 Å². The number of halogens is 1. The van der Waals surface area contributed by atoms with E-state index < -0.39 is 0 Å². The van der Waals surface area contributed by atoms with Crippen LogP contribution in [0.3, 0.4) is 0 Å². The van der Waals surface area contributed by atoms with Gasteiger partial charge in [-0.3, -0.25) is 4.79 Å². The summed E-state index contributed by atoms with van der Waals surface area (Å²) in [6, 6.07) is 26.8. The summed E-state index contributed by atoms with van der Waals surface area (Å²) >= 11 is 1.58. The second-order valence-electron chi connectivity index (χ2n) is 10.2. The number of carbonyl (C=O) groups is 1. The summed E-state index contributed by atoms with van der Waals surface area (Å²) in [7, 11) is 3.96. The van der Waals surface area contributed by atoms with Gasteiger partial charge in [0.1, 0.15) is 11.6 Å². The van der Waals surface area contributed by atoms with E-state index in [2.05, 4.69) is 27.2 Å². The number of hydrogen-bond donors (Lipinski definition) is 1. The molecule has 0 bridgehead atoms. The Morgan fingerprint density at radius 2 is 1.59 bits per heavy atom. The van der Waals surface area contributed by atoms with E-state index in [0.29, 0.717) is 41.8 Å². The zero-order chi connectivity index (χ0) is 28.6. The minimum absolute atomic E-state index is 0.0651. The van der Waals surface area contributed by atoms with Crippen LogP contribution in [0.1, 0.15) is 15.9 Å². The predicted octanol–water partition coefficient (Wildman–Crippen LogP) is 5.19. The molecule has 1 saturated heterocycles. The Bertz CT molecular complexity index is 1440. The van der Waals surface area contributed by atoms with Crippen LogP contribution < -0.4 is 15.1 Å². The van der Waals surface area contributed by atoms with Gasteiger partial charge in [0.25, 0.3) is 5.91 Å². The molecular formula is C32H35FN6OS. The minimum Gasteiger partial charge on any atom is -0.366 e. The van der Waals surface area contributed by atoms with Gasteiger partial charge in [0.05, 0.1) is 11.4 Å². The highest BCUT2D eigenvalue weighted by Crippen LogP contribution is 2.29. The summed E-state index contributed by atoms with van der Waals surface area (Å²) in [6.07, 6.45) is 0. The van der Waals surface area contributed by atoms with Crippen molar-refractivity contribution in [2.24, 2.45) is 0 Å². The summed E-state index contributed by atoms with van der Waals surface area (Å²) in [5.41, 5.74) is 4.30. The van der Waals surface area contributed by atoms with Crippen molar-refractivity contribution in [3.63, 3.8) is 0 Å². The third-order valence-corrected chi connectivity index (χ3v) is 7.91. The van der Waals surface area contributed by atoms with E-state index in [1.165, 1.54) is 6.07 Å². The number of carbonyl (C=O) groups excluding carboxylic acids is 1. The third-order valence-electron chi connectivity index (χ3n) is 6.99. The quantitative estimate of drug-likeness (QED) is 0.208. The topological polar surface area (TPSA) is 64.6 Å². The fraction of sp³-hybridized carbons (Fsp3) is 0.281. The van der Waals surface area contributed by atoms with Gasteiger partial charge in [0.15, 0.2) is 5.16 Å². The molecule has 1 fully saturated rings. The van der Waals surface area contributed by atoms with Crippen molar-refractivity contribution in [1.29, 1.82) is 0 Å². The summed E-state index contributed by atoms with van der Waals surface area (Å²) in [5, 5.41) is 3.65. The number of piperazine rings is 1. The fourth-order valence-electron chi connectivity index (χ4n) is 4.68. The maximum atomic E-state index is 14.3. The normalized spacial score (nSPS) is 13.5. The van der Waals surface area contributed by atoms with Crippen molar-refractivity contribution in [3.8, 4) is 11.3 Å². The first-order chi connectivity index (χ1) is 20.0. The molecular weight excluding hydrogens is 535 g/mol. The van der Waals surface area contributed by atoms with E-state index >= 15 is 0 Å². The van der Waals surface area contributed by atoms with Crippen LogP contribution in [0.25, 0.3) is 11.3 Å². The first-order valence-electron chi connectivity index (χ1n) is 13.8. The molecule has 0 unspecified atom stereocenters. The maximum Gasteiger partial charge on any atom is 0.251 e. The van der Waals surface area contributed by atoms with Crippen molar-refractivity contribution in [2.75, 3.05) is 63.2 Å². The van der Waals surface area contributed by atoms with Crippen molar-refractivity contribution in [3.05, 3.63) is 102 Å². The van der Waals surface area contributed by atoms with Crippen LogP contribution in [0, 0.1) is 5.82 Å². The number of rotatable bonds is 10. The molecule has 1 aromatic heterocycles. The first-order valence-corrected chi connectivity index (χ1v) is 14.8. The molecule has 1 N–H and O–H groups in total. The molecule has 1 aliphatic rings. The minimum atomic E-state index is -0.189. The van der Waals surface area contributed by atoms with Crippen LogP contribution in [0.15, 0.2) is 90.1 Å². The Hall–Kier alpha value is -3.95. The molecule has 0 saturated carbocycles. The van der Waals surface area contributed by atoms with Gasteiger partial charge in [-0.1, -0.05) is 66.4 Å². The van der Waals surface area contributed by atoms with Crippen LogP contribution >= 0.6 is 11.8 Å². The van der Waals surface area contributed by atoms with E-state index in [-0.39, 0.29) is 11.7 Å². The number of anilines is 2. The van der Waals surface area contributed by atoms with E-state index in [4.69, 9.17) is 9.97 Å². The zero-order valence-electron chi connectivity index (χ0n) is 23.5. The Balaban J connectivity index is 1.28. The van der Waals surface area contributed by atoms with Gasteiger partial charge in [0, 0.05) is 62.2 Å². The van der Waals surface area contributed by atoms with Crippen molar-refractivity contribution in [2.45, 2.75) is 10.9 Å². The summed E-state index contributed by atoms with van der Waals surface area (Å²) in [5.74, 6) is 1.30. The van der Waals surface area contributed by atoms with Crippen LogP contribution in [-0.2, 0) is 5.75 Å². The third kappa shape index (κ3) is 7.62. The molecule has 1 aliphatic heterocycles. The second kappa shape index (κ2) is 13.6. The second-order valence-corrected chi connectivity index (χ2v) is 11.2. The van der Waals surface area contributed by atoms with Crippen molar-refractivity contribution in [1.82, 2.24) is 20.2 Å². The zero-order valence-corrected chi connectivity index (χ0v) is 24.3. The number of benzene rings is 3. The molecule has 2 heterocycles. The Kier molecular flexibility index (Phi) is 9.48. The van der Waals surface area contributed by atoms with Gasteiger partial charge in [0.2, 0.25) is 0 Å². The van der Waals surface area contributed by atoms with Crippen molar-refractivity contribution >= 4 is 29.2 Å². The van der Waals surface area contributed by atoms with Crippen molar-refractivity contribution < 1.29 is 9.18 Å². The lowest BCUT2D eigenvalue weighted by Crippen LogP contribution is -2.47. The van der Waals surface area contributed by atoms with E-state index in [1.807, 2.05) is 79.7 Å². The molecule has 0 radical (unpaired) electrons. The monoisotopic (exact) mass is 570 g/mol. The smallest absolute Gasteiger partial charge is 0.251 e. The largest absolute Gasteiger partial charge is 0.366 e. The molecule has 0 atom stereocenters. The lowest BCUT2D eigenvalue weighted by atomic mass is 10.1. The highest BCUT2D eigenvalue weighted by molar-refractivity contribution is 7.98. The summed E-state index contributed by atoms with van der Waals surface area (Å²) in [4.78, 5) is 28.6. The number of para-hydroxylation sites is 1. The molecule has 3 aromatic carbocycles.